The van der Waals surface area contributed by atoms with E-state index in [1.807, 2.05) is 0 Å². The van der Waals surface area contributed by atoms with E-state index in [9.17, 15) is 4.79 Å². The summed E-state index contributed by atoms with van der Waals surface area (Å²) < 4.78 is 5.41. The van der Waals surface area contributed by atoms with E-state index in [2.05, 4.69) is 5.32 Å². The molecule has 1 aliphatic carbocycles. The van der Waals surface area contributed by atoms with Crippen LogP contribution in [0.1, 0.15) is 40.4 Å². The van der Waals surface area contributed by atoms with Crippen molar-refractivity contribution in [3.05, 3.63) is 10.4 Å². The van der Waals surface area contributed by atoms with Crippen LogP contribution in [0.2, 0.25) is 0 Å². The molecule has 2 aliphatic rings. The van der Waals surface area contributed by atoms with Crippen LogP contribution >= 0.6 is 11.3 Å². The SMILES string of the molecule is CN(C)C(=O)c1sc(NCC2CCOC2)c(C2CC2)c1N. The van der Waals surface area contributed by atoms with Gasteiger partial charge in [0.05, 0.1) is 17.3 Å². The van der Waals surface area contributed by atoms with E-state index in [-0.39, 0.29) is 5.91 Å². The van der Waals surface area contributed by atoms with E-state index in [0.29, 0.717) is 22.4 Å². The van der Waals surface area contributed by atoms with Crippen LogP contribution in [0.3, 0.4) is 0 Å². The Labute approximate surface area is 129 Å². The zero-order valence-corrected chi connectivity index (χ0v) is 13.5. The van der Waals surface area contributed by atoms with Crippen molar-refractivity contribution in [1.29, 1.82) is 0 Å². The fourth-order valence-corrected chi connectivity index (χ4v) is 3.94. The third kappa shape index (κ3) is 3.01. The molecule has 1 unspecified atom stereocenters. The first kappa shape index (κ1) is 14.7. The van der Waals surface area contributed by atoms with Gasteiger partial charge >= 0.3 is 0 Å². The molecule has 116 valence electrons. The molecule has 1 aliphatic heterocycles. The number of carbonyl (C=O) groups excluding carboxylic acids is 1. The van der Waals surface area contributed by atoms with Crippen LogP contribution in [0.25, 0.3) is 0 Å². The Kier molecular flexibility index (Phi) is 4.08. The number of nitrogens with one attached hydrogen (secondary N) is 1. The van der Waals surface area contributed by atoms with Gasteiger partial charge in [-0.2, -0.15) is 0 Å². The molecule has 1 aromatic heterocycles. The summed E-state index contributed by atoms with van der Waals surface area (Å²) in [4.78, 5) is 14.5. The largest absolute Gasteiger partial charge is 0.397 e. The number of amides is 1. The highest BCUT2D eigenvalue weighted by atomic mass is 32.1. The second-order valence-electron chi connectivity index (χ2n) is 6.17. The van der Waals surface area contributed by atoms with Crippen LogP contribution in [0, 0.1) is 5.92 Å². The maximum atomic E-state index is 12.2. The van der Waals surface area contributed by atoms with Gasteiger partial charge < -0.3 is 20.7 Å². The summed E-state index contributed by atoms with van der Waals surface area (Å²) in [7, 11) is 3.53. The molecule has 2 heterocycles. The minimum atomic E-state index is -0.00310. The van der Waals surface area contributed by atoms with Crippen molar-refractivity contribution in [2.45, 2.75) is 25.2 Å². The first-order valence-corrected chi connectivity index (χ1v) is 8.35. The number of thiophene rings is 1. The zero-order chi connectivity index (χ0) is 15.0. The fourth-order valence-electron chi connectivity index (χ4n) is 2.71. The predicted molar refractivity (Wildman–Crippen MR) is 86.1 cm³/mol. The van der Waals surface area contributed by atoms with E-state index in [1.165, 1.54) is 29.7 Å². The minimum Gasteiger partial charge on any atom is -0.397 e. The van der Waals surface area contributed by atoms with Crippen LogP contribution in [0.5, 0.6) is 0 Å². The van der Waals surface area contributed by atoms with Gasteiger partial charge in [-0.15, -0.1) is 11.3 Å². The summed E-state index contributed by atoms with van der Waals surface area (Å²) >= 11 is 1.51. The minimum absolute atomic E-state index is 0.00310. The van der Waals surface area contributed by atoms with Crippen LogP contribution < -0.4 is 11.1 Å². The molecule has 5 nitrogen and oxygen atoms in total. The molecule has 3 N–H and O–H groups in total. The number of ether oxygens (including phenoxy) is 1. The summed E-state index contributed by atoms with van der Waals surface area (Å²) in [5, 5.41) is 4.61. The first-order chi connectivity index (χ1) is 10.1. The lowest BCUT2D eigenvalue weighted by molar-refractivity contribution is 0.0833. The Balaban J connectivity index is 1.80. The standard InChI is InChI=1S/C15H23N3O2S/c1-18(2)15(19)13-12(16)11(10-3-4-10)14(21-13)17-7-9-5-6-20-8-9/h9-10,17H,3-8,16H2,1-2H3. The highest BCUT2D eigenvalue weighted by Crippen LogP contribution is 2.51. The Hall–Kier alpha value is -1.27. The molecule has 0 radical (unpaired) electrons. The average Bonchev–Trinajstić information content (AvgIpc) is 3.04. The highest BCUT2D eigenvalue weighted by Gasteiger charge is 2.33. The molecule has 0 bridgehead atoms. The Bertz CT molecular complexity index is 531. The van der Waals surface area contributed by atoms with Crippen molar-refractivity contribution < 1.29 is 9.53 Å². The van der Waals surface area contributed by atoms with Crippen molar-refractivity contribution in [2.75, 3.05) is 44.9 Å². The summed E-state index contributed by atoms with van der Waals surface area (Å²) in [5.41, 5.74) is 8.12. The normalized spacial score (nSPS) is 21.5. The molecule has 0 spiro atoms. The van der Waals surface area contributed by atoms with Crippen molar-refractivity contribution in [3.63, 3.8) is 0 Å². The van der Waals surface area contributed by atoms with Gasteiger partial charge in [0, 0.05) is 38.7 Å². The molecular weight excluding hydrogens is 286 g/mol. The fraction of sp³-hybridized carbons (Fsp3) is 0.667. The second-order valence-corrected chi connectivity index (χ2v) is 7.19. The van der Waals surface area contributed by atoms with E-state index >= 15 is 0 Å². The smallest absolute Gasteiger partial charge is 0.265 e. The molecule has 0 aromatic carbocycles. The second kappa shape index (κ2) is 5.85. The third-order valence-electron chi connectivity index (χ3n) is 4.14. The number of hydrogen-bond acceptors (Lipinski definition) is 5. The van der Waals surface area contributed by atoms with Gasteiger partial charge in [0.25, 0.3) is 5.91 Å². The lowest BCUT2D eigenvalue weighted by Crippen LogP contribution is -2.21. The molecule has 2 fully saturated rings. The molecular formula is C15H23N3O2S. The number of rotatable bonds is 5. The maximum absolute atomic E-state index is 12.2. The van der Waals surface area contributed by atoms with Crippen molar-refractivity contribution in [3.8, 4) is 0 Å². The topological polar surface area (TPSA) is 67.6 Å². The first-order valence-electron chi connectivity index (χ1n) is 7.53. The monoisotopic (exact) mass is 309 g/mol. The number of nitrogens with two attached hydrogens (primary N) is 1. The number of hydrogen-bond donors (Lipinski definition) is 2. The summed E-state index contributed by atoms with van der Waals surface area (Å²) in [6.07, 6.45) is 3.46. The van der Waals surface area contributed by atoms with Gasteiger partial charge in [0.2, 0.25) is 0 Å². The van der Waals surface area contributed by atoms with Crippen molar-refractivity contribution >= 4 is 27.9 Å². The molecule has 6 heteroatoms. The summed E-state index contributed by atoms with van der Waals surface area (Å²) in [5.74, 6) is 1.09. The van der Waals surface area contributed by atoms with Gasteiger partial charge in [0.1, 0.15) is 4.88 Å². The van der Waals surface area contributed by atoms with Crippen LogP contribution in [0.15, 0.2) is 0 Å². The Morgan fingerprint density at radius 2 is 2.19 bits per heavy atom. The van der Waals surface area contributed by atoms with E-state index in [4.69, 9.17) is 10.5 Å². The highest BCUT2D eigenvalue weighted by molar-refractivity contribution is 7.18. The predicted octanol–water partition coefficient (Wildman–Crippen LogP) is 2.36. The van der Waals surface area contributed by atoms with Gasteiger partial charge in [0.15, 0.2) is 0 Å². The van der Waals surface area contributed by atoms with Gasteiger partial charge in [-0.05, 0) is 25.2 Å². The van der Waals surface area contributed by atoms with Crippen molar-refractivity contribution in [1.82, 2.24) is 4.90 Å². The third-order valence-corrected chi connectivity index (χ3v) is 5.31. The van der Waals surface area contributed by atoms with Gasteiger partial charge in [-0.25, -0.2) is 0 Å². The number of nitrogens with zero attached hydrogens (tertiary/aromatic N) is 1. The molecule has 1 amide bonds. The summed E-state index contributed by atoms with van der Waals surface area (Å²) in [6.45, 7) is 2.59. The molecule has 21 heavy (non-hydrogen) atoms. The van der Waals surface area contributed by atoms with Gasteiger partial charge in [-0.1, -0.05) is 0 Å². The van der Waals surface area contributed by atoms with Crippen LogP contribution in [-0.2, 0) is 4.74 Å². The number of anilines is 2. The number of nitrogen functional groups attached to an aromatic ring is 1. The quantitative estimate of drug-likeness (QED) is 0.876. The Morgan fingerprint density at radius 1 is 1.43 bits per heavy atom. The Morgan fingerprint density at radius 3 is 2.76 bits per heavy atom. The zero-order valence-electron chi connectivity index (χ0n) is 12.6. The molecule has 1 saturated carbocycles. The van der Waals surface area contributed by atoms with Crippen molar-refractivity contribution in [2.24, 2.45) is 5.92 Å². The van der Waals surface area contributed by atoms with E-state index in [0.717, 1.165) is 31.2 Å². The lowest BCUT2D eigenvalue weighted by atomic mass is 10.1. The lowest BCUT2D eigenvalue weighted by Gasteiger charge is -2.11. The molecule has 1 aromatic rings. The summed E-state index contributed by atoms with van der Waals surface area (Å²) in [6, 6.07) is 0. The van der Waals surface area contributed by atoms with E-state index in [1.54, 1.807) is 19.0 Å². The van der Waals surface area contributed by atoms with Gasteiger partial charge in [-0.3, -0.25) is 4.79 Å². The van der Waals surface area contributed by atoms with E-state index < -0.39 is 0 Å². The van der Waals surface area contributed by atoms with Crippen LogP contribution in [-0.4, -0.2) is 44.7 Å². The molecule has 1 saturated heterocycles. The van der Waals surface area contributed by atoms with Crippen LogP contribution in [0.4, 0.5) is 10.7 Å². The maximum Gasteiger partial charge on any atom is 0.265 e. The number of carbonyl (C=O) groups is 1. The molecule has 3 rings (SSSR count). The average molecular weight is 309 g/mol. The molecule has 1 atom stereocenters.